The molecule has 0 spiro atoms. The lowest BCUT2D eigenvalue weighted by Gasteiger charge is -2.22. The summed E-state index contributed by atoms with van der Waals surface area (Å²) >= 11 is 0. The molecular weight excluding hydrogens is 292 g/mol. The monoisotopic (exact) mass is 308 g/mol. The first-order chi connectivity index (χ1) is 11.9. The number of fused-ring (bicyclic) bond motifs is 4. The maximum atomic E-state index is 4.19. The van der Waals surface area contributed by atoms with Gasteiger partial charge in [-0.25, -0.2) is 0 Å². The molecule has 0 atom stereocenters. The van der Waals surface area contributed by atoms with E-state index in [4.69, 9.17) is 0 Å². The maximum Gasteiger partial charge on any atom is 0.0579 e. The van der Waals surface area contributed by atoms with E-state index in [9.17, 15) is 0 Å². The van der Waals surface area contributed by atoms with E-state index in [1.165, 1.54) is 38.0 Å². The zero-order chi connectivity index (χ0) is 15.9. The molecule has 4 aromatic rings. The van der Waals surface area contributed by atoms with Crippen molar-refractivity contribution in [1.82, 2.24) is 0 Å². The quantitative estimate of drug-likeness (QED) is 0.334. The van der Waals surface area contributed by atoms with E-state index in [-0.39, 0.29) is 0 Å². The van der Waals surface area contributed by atoms with Crippen molar-refractivity contribution in [2.24, 2.45) is 4.99 Å². The molecule has 0 saturated carbocycles. The van der Waals surface area contributed by atoms with Gasteiger partial charge in [-0.2, -0.15) is 0 Å². The van der Waals surface area contributed by atoms with Crippen molar-refractivity contribution >= 4 is 44.2 Å². The van der Waals surface area contributed by atoms with Crippen LogP contribution in [-0.2, 0) is 0 Å². The van der Waals surface area contributed by atoms with Gasteiger partial charge in [0, 0.05) is 29.7 Å². The molecule has 0 N–H and O–H groups in total. The average Bonchev–Trinajstić information content (AvgIpc) is 2.66. The van der Waals surface area contributed by atoms with E-state index in [0.29, 0.717) is 0 Å². The third-order valence-electron chi connectivity index (χ3n) is 4.73. The smallest absolute Gasteiger partial charge is 0.0579 e. The SMILES string of the molecule is C1=CN(c2cccc3ccc4cc5ccccc5cc4c23)CC=N1. The zero-order valence-electron chi connectivity index (χ0n) is 13.2. The zero-order valence-corrected chi connectivity index (χ0v) is 13.2. The Bertz CT molecular complexity index is 1140. The Morgan fingerprint density at radius 1 is 0.750 bits per heavy atom. The first kappa shape index (κ1) is 13.3. The van der Waals surface area contributed by atoms with Gasteiger partial charge in [0.05, 0.1) is 6.54 Å². The highest BCUT2D eigenvalue weighted by Crippen LogP contribution is 2.35. The molecule has 0 unspecified atom stereocenters. The van der Waals surface area contributed by atoms with Crippen LogP contribution in [0.5, 0.6) is 0 Å². The summed E-state index contributed by atoms with van der Waals surface area (Å²) < 4.78 is 0. The summed E-state index contributed by atoms with van der Waals surface area (Å²) in [5, 5.41) is 7.72. The fourth-order valence-electron chi connectivity index (χ4n) is 3.58. The molecular formula is C22H16N2. The van der Waals surface area contributed by atoms with Gasteiger partial charge in [0.1, 0.15) is 0 Å². The van der Waals surface area contributed by atoms with Gasteiger partial charge in [-0.1, -0.05) is 48.5 Å². The molecule has 5 rings (SSSR count). The Kier molecular flexibility index (Phi) is 2.89. The first-order valence-electron chi connectivity index (χ1n) is 8.19. The van der Waals surface area contributed by atoms with Crippen molar-refractivity contribution in [3.63, 3.8) is 0 Å². The van der Waals surface area contributed by atoms with Crippen LogP contribution in [0.4, 0.5) is 5.69 Å². The number of hydrogen-bond acceptors (Lipinski definition) is 2. The van der Waals surface area contributed by atoms with E-state index >= 15 is 0 Å². The Morgan fingerprint density at radius 2 is 1.54 bits per heavy atom. The van der Waals surface area contributed by atoms with Crippen LogP contribution in [0.25, 0.3) is 32.3 Å². The fourth-order valence-corrected chi connectivity index (χ4v) is 3.58. The minimum absolute atomic E-state index is 0.805. The second-order valence-electron chi connectivity index (χ2n) is 6.14. The molecule has 1 aliphatic rings. The van der Waals surface area contributed by atoms with Crippen LogP contribution in [0.15, 0.2) is 84.1 Å². The van der Waals surface area contributed by atoms with Crippen LogP contribution in [0.2, 0.25) is 0 Å². The van der Waals surface area contributed by atoms with E-state index in [0.717, 1.165) is 6.54 Å². The van der Waals surface area contributed by atoms with Crippen molar-refractivity contribution in [2.75, 3.05) is 11.4 Å². The van der Waals surface area contributed by atoms with Gasteiger partial charge in [0.25, 0.3) is 0 Å². The van der Waals surface area contributed by atoms with Crippen LogP contribution >= 0.6 is 0 Å². The minimum Gasteiger partial charge on any atom is -0.341 e. The third kappa shape index (κ3) is 2.00. The predicted molar refractivity (Wildman–Crippen MR) is 104 cm³/mol. The van der Waals surface area contributed by atoms with E-state index in [1.54, 1.807) is 0 Å². The number of benzene rings is 4. The molecule has 0 aliphatic carbocycles. The number of hydrogen-bond donors (Lipinski definition) is 0. The number of anilines is 1. The molecule has 1 heterocycles. The van der Waals surface area contributed by atoms with Crippen molar-refractivity contribution in [3.8, 4) is 0 Å². The molecule has 1 aliphatic heterocycles. The number of nitrogens with zero attached hydrogens (tertiary/aromatic N) is 2. The van der Waals surface area contributed by atoms with Gasteiger partial charge in [-0.05, 0) is 45.1 Å². The topological polar surface area (TPSA) is 15.6 Å². The molecule has 0 amide bonds. The Labute approximate surface area is 140 Å². The summed E-state index contributed by atoms with van der Waals surface area (Å²) in [6, 6.07) is 24.1. The van der Waals surface area contributed by atoms with Crippen molar-refractivity contribution in [1.29, 1.82) is 0 Å². The lowest BCUT2D eigenvalue weighted by atomic mass is 9.97. The highest BCUT2D eigenvalue weighted by atomic mass is 15.1. The van der Waals surface area contributed by atoms with Crippen molar-refractivity contribution < 1.29 is 0 Å². The van der Waals surface area contributed by atoms with Gasteiger partial charge in [0.2, 0.25) is 0 Å². The van der Waals surface area contributed by atoms with Gasteiger partial charge >= 0.3 is 0 Å². The second-order valence-corrected chi connectivity index (χ2v) is 6.14. The molecule has 24 heavy (non-hydrogen) atoms. The van der Waals surface area contributed by atoms with Gasteiger partial charge in [0.15, 0.2) is 0 Å². The van der Waals surface area contributed by atoms with E-state index in [2.05, 4.69) is 82.8 Å². The van der Waals surface area contributed by atoms with Crippen LogP contribution < -0.4 is 4.90 Å². The van der Waals surface area contributed by atoms with E-state index in [1.807, 2.05) is 12.4 Å². The molecule has 0 fully saturated rings. The lowest BCUT2D eigenvalue weighted by Crippen LogP contribution is -2.20. The summed E-state index contributed by atoms with van der Waals surface area (Å²) in [6.07, 6.45) is 5.84. The molecule has 0 aromatic heterocycles. The minimum atomic E-state index is 0.805. The number of aliphatic imine (C=N–C) groups is 1. The van der Waals surface area contributed by atoms with Gasteiger partial charge < -0.3 is 4.90 Å². The fraction of sp³-hybridized carbons (Fsp3) is 0.0455. The van der Waals surface area contributed by atoms with Crippen LogP contribution in [0, 0.1) is 0 Å². The first-order valence-corrected chi connectivity index (χ1v) is 8.19. The van der Waals surface area contributed by atoms with E-state index < -0.39 is 0 Å². The summed E-state index contributed by atoms with van der Waals surface area (Å²) in [5.41, 5.74) is 1.23. The van der Waals surface area contributed by atoms with Crippen LogP contribution in [0.1, 0.15) is 0 Å². The Balaban J connectivity index is 1.89. The summed E-state index contributed by atoms with van der Waals surface area (Å²) in [7, 11) is 0. The molecule has 0 radical (unpaired) electrons. The largest absolute Gasteiger partial charge is 0.341 e. The van der Waals surface area contributed by atoms with Crippen LogP contribution in [0.3, 0.4) is 0 Å². The molecule has 2 nitrogen and oxygen atoms in total. The molecule has 0 bridgehead atoms. The molecule has 4 aromatic carbocycles. The third-order valence-corrected chi connectivity index (χ3v) is 4.73. The Morgan fingerprint density at radius 3 is 2.38 bits per heavy atom. The molecule has 2 heteroatoms. The Hall–Kier alpha value is -3.13. The highest BCUT2D eigenvalue weighted by Gasteiger charge is 2.12. The standard InChI is InChI=1S/C22H16N2/c1-2-5-18-15-20-19(14-17(18)4-1)9-8-16-6-3-7-21(22(16)20)24-12-10-23-11-13-24/h1-12,14-15H,13H2. The van der Waals surface area contributed by atoms with Crippen LogP contribution in [-0.4, -0.2) is 12.8 Å². The molecule has 0 saturated heterocycles. The average molecular weight is 308 g/mol. The normalized spacial score (nSPS) is 14.1. The predicted octanol–water partition coefficient (Wildman–Crippen LogP) is 5.51. The summed E-state index contributed by atoms with van der Waals surface area (Å²) in [6.45, 7) is 0.805. The van der Waals surface area contributed by atoms with Crippen molar-refractivity contribution in [2.45, 2.75) is 0 Å². The summed E-state index contributed by atoms with van der Waals surface area (Å²) in [4.78, 5) is 6.44. The second kappa shape index (κ2) is 5.20. The highest BCUT2D eigenvalue weighted by molar-refractivity contribution is 6.17. The number of rotatable bonds is 1. The maximum absolute atomic E-state index is 4.19. The lowest BCUT2D eigenvalue weighted by molar-refractivity contribution is 1.11. The van der Waals surface area contributed by atoms with Gasteiger partial charge in [-0.15, -0.1) is 0 Å². The van der Waals surface area contributed by atoms with Crippen molar-refractivity contribution in [3.05, 3.63) is 79.1 Å². The molecule has 114 valence electrons. The van der Waals surface area contributed by atoms with Gasteiger partial charge in [-0.3, -0.25) is 4.99 Å². The summed E-state index contributed by atoms with van der Waals surface area (Å²) in [5.74, 6) is 0.